The van der Waals surface area contributed by atoms with E-state index in [9.17, 15) is 8.78 Å². The predicted octanol–water partition coefficient (Wildman–Crippen LogP) is 2.89. The molecule has 98 valence electrons. The van der Waals surface area contributed by atoms with Gasteiger partial charge in [-0.1, -0.05) is 12.1 Å². The molecule has 1 atom stereocenters. The molecular weight excluding hydrogens is 248 g/mol. The molecular formula is C15H13F2NO. The Hall–Kier alpha value is -1.94. The zero-order valence-corrected chi connectivity index (χ0v) is 10.2. The summed E-state index contributed by atoms with van der Waals surface area (Å²) in [6.07, 6.45) is 0.454. The van der Waals surface area contributed by atoms with Gasteiger partial charge in [-0.3, -0.25) is 0 Å². The molecule has 0 radical (unpaired) electrons. The van der Waals surface area contributed by atoms with E-state index in [1.807, 2.05) is 0 Å². The second-order valence-electron chi connectivity index (χ2n) is 4.63. The summed E-state index contributed by atoms with van der Waals surface area (Å²) in [6, 6.07) is 8.87. The molecule has 1 aliphatic rings. The van der Waals surface area contributed by atoms with E-state index in [4.69, 9.17) is 10.5 Å². The molecule has 3 rings (SSSR count). The third-order valence-electron chi connectivity index (χ3n) is 3.26. The van der Waals surface area contributed by atoms with Crippen LogP contribution in [0.25, 0.3) is 11.1 Å². The number of rotatable bonds is 2. The lowest BCUT2D eigenvalue weighted by atomic mass is 10.00. The molecule has 1 aliphatic heterocycles. The smallest absolute Gasteiger partial charge is 0.131 e. The molecule has 0 aromatic heterocycles. The Kier molecular flexibility index (Phi) is 2.95. The largest absolute Gasteiger partial charge is 0.488 e. The highest BCUT2D eigenvalue weighted by atomic mass is 19.1. The summed E-state index contributed by atoms with van der Waals surface area (Å²) < 4.78 is 32.7. The van der Waals surface area contributed by atoms with Gasteiger partial charge < -0.3 is 10.5 Å². The van der Waals surface area contributed by atoms with Gasteiger partial charge in [-0.15, -0.1) is 0 Å². The minimum absolute atomic E-state index is 0.135. The van der Waals surface area contributed by atoms with Gasteiger partial charge in [0, 0.05) is 24.1 Å². The van der Waals surface area contributed by atoms with Gasteiger partial charge in [0.05, 0.1) is 0 Å². The zero-order chi connectivity index (χ0) is 13.4. The molecule has 0 aliphatic carbocycles. The molecule has 2 nitrogen and oxygen atoms in total. The summed E-state index contributed by atoms with van der Waals surface area (Å²) >= 11 is 0. The molecule has 0 amide bonds. The van der Waals surface area contributed by atoms with E-state index in [0.29, 0.717) is 29.8 Å². The second-order valence-corrected chi connectivity index (χ2v) is 4.63. The molecule has 2 aromatic rings. The van der Waals surface area contributed by atoms with Crippen molar-refractivity contribution in [1.82, 2.24) is 0 Å². The Morgan fingerprint density at radius 3 is 2.74 bits per heavy atom. The fraction of sp³-hybridized carbons (Fsp3) is 0.200. The van der Waals surface area contributed by atoms with E-state index in [2.05, 4.69) is 0 Å². The molecule has 0 saturated carbocycles. The first-order chi connectivity index (χ1) is 9.17. The van der Waals surface area contributed by atoms with Crippen molar-refractivity contribution in [1.29, 1.82) is 0 Å². The standard InChI is InChI=1S/C15H13F2NO/c16-11-3-1-2-9(4-11)14-7-12(17)5-10-6-13(8-18)19-15(10)14/h1-5,7,13H,6,8,18H2. The van der Waals surface area contributed by atoms with Gasteiger partial charge in [-0.2, -0.15) is 0 Å². The Balaban J connectivity index is 2.13. The Labute approximate surface area is 109 Å². The average Bonchev–Trinajstić information content (AvgIpc) is 2.80. The van der Waals surface area contributed by atoms with Crippen LogP contribution in [-0.2, 0) is 6.42 Å². The highest BCUT2D eigenvalue weighted by Crippen LogP contribution is 2.39. The quantitative estimate of drug-likeness (QED) is 0.902. The third kappa shape index (κ3) is 2.19. The minimum Gasteiger partial charge on any atom is -0.488 e. The van der Waals surface area contributed by atoms with Crippen LogP contribution in [0.15, 0.2) is 36.4 Å². The highest BCUT2D eigenvalue weighted by Gasteiger charge is 2.26. The highest BCUT2D eigenvalue weighted by molar-refractivity contribution is 5.73. The van der Waals surface area contributed by atoms with Crippen LogP contribution in [0.5, 0.6) is 5.75 Å². The molecule has 0 bridgehead atoms. The van der Waals surface area contributed by atoms with Crippen molar-refractivity contribution in [2.75, 3.05) is 6.54 Å². The molecule has 1 unspecified atom stereocenters. The van der Waals surface area contributed by atoms with Gasteiger partial charge in [0.1, 0.15) is 23.5 Å². The van der Waals surface area contributed by atoms with Crippen LogP contribution in [0.4, 0.5) is 8.78 Å². The number of fused-ring (bicyclic) bond motifs is 1. The maximum absolute atomic E-state index is 13.7. The van der Waals surface area contributed by atoms with Crippen LogP contribution >= 0.6 is 0 Å². The molecule has 2 N–H and O–H groups in total. The lowest BCUT2D eigenvalue weighted by Gasteiger charge is -2.11. The lowest BCUT2D eigenvalue weighted by Crippen LogP contribution is -2.24. The Morgan fingerprint density at radius 1 is 1.16 bits per heavy atom. The van der Waals surface area contributed by atoms with Crippen LogP contribution < -0.4 is 10.5 Å². The van der Waals surface area contributed by atoms with Crippen molar-refractivity contribution in [2.45, 2.75) is 12.5 Å². The van der Waals surface area contributed by atoms with Crippen molar-refractivity contribution >= 4 is 0 Å². The topological polar surface area (TPSA) is 35.2 Å². The van der Waals surface area contributed by atoms with Gasteiger partial charge >= 0.3 is 0 Å². The number of nitrogens with two attached hydrogens (primary N) is 1. The summed E-state index contributed by atoms with van der Waals surface area (Å²) in [5.41, 5.74) is 7.55. The van der Waals surface area contributed by atoms with Crippen molar-refractivity contribution in [3.63, 3.8) is 0 Å². The molecule has 2 aromatic carbocycles. The van der Waals surface area contributed by atoms with Crippen LogP contribution in [0, 0.1) is 11.6 Å². The number of hydrogen-bond donors (Lipinski definition) is 1. The van der Waals surface area contributed by atoms with Gasteiger partial charge in [0.2, 0.25) is 0 Å². The zero-order valence-electron chi connectivity index (χ0n) is 10.2. The molecule has 0 spiro atoms. The predicted molar refractivity (Wildman–Crippen MR) is 69.0 cm³/mol. The molecule has 1 heterocycles. The first kappa shape index (κ1) is 12.1. The first-order valence-corrected chi connectivity index (χ1v) is 6.12. The monoisotopic (exact) mass is 261 g/mol. The van der Waals surface area contributed by atoms with Gasteiger partial charge in [-0.05, 0) is 29.8 Å². The maximum atomic E-state index is 13.7. The summed E-state index contributed by atoms with van der Waals surface area (Å²) in [4.78, 5) is 0. The van der Waals surface area contributed by atoms with E-state index in [-0.39, 0.29) is 17.7 Å². The Morgan fingerprint density at radius 2 is 2.00 bits per heavy atom. The fourth-order valence-electron chi connectivity index (χ4n) is 2.40. The average molecular weight is 261 g/mol. The van der Waals surface area contributed by atoms with E-state index < -0.39 is 0 Å². The summed E-state index contributed by atoms with van der Waals surface area (Å²) in [5, 5.41) is 0. The van der Waals surface area contributed by atoms with Gasteiger partial charge in [0.25, 0.3) is 0 Å². The van der Waals surface area contributed by atoms with Crippen molar-refractivity contribution in [2.24, 2.45) is 5.73 Å². The van der Waals surface area contributed by atoms with E-state index in [1.165, 1.54) is 24.3 Å². The van der Waals surface area contributed by atoms with Crippen LogP contribution in [0.3, 0.4) is 0 Å². The SMILES string of the molecule is NCC1Cc2cc(F)cc(-c3cccc(F)c3)c2O1. The fourth-order valence-corrected chi connectivity index (χ4v) is 2.40. The molecule has 0 fully saturated rings. The molecule has 0 saturated heterocycles. The summed E-state index contributed by atoms with van der Waals surface area (Å²) in [5.74, 6) is -0.0920. The maximum Gasteiger partial charge on any atom is 0.131 e. The minimum atomic E-state index is -0.358. The van der Waals surface area contributed by atoms with E-state index >= 15 is 0 Å². The lowest BCUT2D eigenvalue weighted by molar-refractivity contribution is 0.242. The first-order valence-electron chi connectivity index (χ1n) is 6.12. The summed E-state index contributed by atoms with van der Waals surface area (Å²) in [6.45, 7) is 0.374. The molecule has 19 heavy (non-hydrogen) atoms. The number of halogens is 2. The van der Waals surface area contributed by atoms with E-state index in [1.54, 1.807) is 12.1 Å². The van der Waals surface area contributed by atoms with Crippen LogP contribution in [0.1, 0.15) is 5.56 Å². The van der Waals surface area contributed by atoms with Gasteiger partial charge in [-0.25, -0.2) is 8.78 Å². The number of ether oxygens (including phenoxy) is 1. The third-order valence-corrected chi connectivity index (χ3v) is 3.26. The number of benzene rings is 2. The molecule has 4 heteroatoms. The second kappa shape index (κ2) is 4.63. The van der Waals surface area contributed by atoms with Crippen LogP contribution in [0.2, 0.25) is 0 Å². The van der Waals surface area contributed by atoms with Crippen molar-refractivity contribution in [3.05, 3.63) is 53.6 Å². The van der Waals surface area contributed by atoms with Crippen molar-refractivity contribution < 1.29 is 13.5 Å². The van der Waals surface area contributed by atoms with Crippen molar-refractivity contribution in [3.8, 4) is 16.9 Å². The number of hydrogen-bond acceptors (Lipinski definition) is 2. The van der Waals surface area contributed by atoms with Crippen LogP contribution in [-0.4, -0.2) is 12.6 Å². The van der Waals surface area contributed by atoms with E-state index in [0.717, 1.165) is 5.56 Å². The summed E-state index contributed by atoms with van der Waals surface area (Å²) in [7, 11) is 0. The Bertz CT molecular complexity index is 628. The normalized spacial score (nSPS) is 17.1. The van der Waals surface area contributed by atoms with Gasteiger partial charge in [0.15, 0.2) is 0 Å².